The van der Waals surface area contributed by atoms with Gasteiger partial charge in [0.15, 0.2) is 5.78 Å². The van der Waals surface area contributed by atoms with Crippen LogP contribution in [0.4, 0.5) is 13.2 Å². The summed E-state index contributed by atoms with van der Waals surface area (Å²) in [4.78, 5) is 41.0. The van der Waals surface area contributed by atoms with Gasteiger partial charge in [-0.05, 0) is 24.5 Å². The molecule has 5 nitrogen and oxygen atoms in total. The summed E-state index contributed by atoms with van der Waals surface area (Å²) in [5.74, 6) is -3.36. The highest BCUT2D eigenvalue weighted by molar-refractivity contribution is 6.19. The molecule has 1 aliphatic heterocycles. The number of alkyl halides is 3. The van der Waals surface area contributed by atoms with Crippen LogP contribution in [0.1, 0.15) is 34.8 Å². The Kier molecular flexibility index (Phi) is 7.29. The highest BCUT2D eigenvalue weighted by Gasteiger charge is 2.70. The maximum atomic E-state index is 15.0. The third kappa shape index (κ3) is 5.05. The molecule has 0 spiro atoms. The number of ketones is 1. The average molecular weight is 507 g/mol. The summed E-state index contributed by atoms with van der Waals surface area (Å²) in [6.45, 7) is 1.12. The second kappa shape index (κ2) is 10.4. The molecule has 2 amide bonds. The second-order valence-corrected chi connectivity index (χ2v) is 8.81. The topological polar surface area (TPSA) is 66.5 Å². The first-order chi connectivity index (χ1) is 17.6. The maximum Gasteiger partial charge on any atom is 0.425 e. The fourth-order valence-corrected chi connectivity index (χ4v) is 4.52. The van der Waals surface area contributed by atoms with Crippen molar-refractivity contribution in [3.63, 3.8) is 0 Å². The summed E-state index contributed by atoms with van der Waals surface area (Å²) in [6.07, 6.45) is -5.40. The first-order valence-corrected chi connectivity index (χ1v) is 11.7. The summed E-state index contributed by atoms with van der Waals surface area (Å²) >= 11 is 0. The van der Waals surface area contributed by atoms with Gasteiger partial charge in [-0.1, -0.05) is 91.0 Å². The number of Topliss-reactive ketones (excluding diaryl/α,β-unsaturated/α-hetero) is 1. The van der Waals surface area contributed by atoms with Gasteiger partial charge in [0.25, 0.3) is 5.91 Å². The Hall–Kier alpha value is -4.20. The van der Waals surface area contributed by atoms with Gasteiger partial charge in [0.1, 0.15) is 0 Å². The molecule has 0 bridgehead atoms. The van der Waals surface area contributed by atoms with E-state index in [2.05, 4.69) is 0 Å². The zero-order valence-electron chi connectivity index (χ0n) is 20.1. The van der Waals surface area contributed by atoms with E-state index in [4.69, 9.17) is 0 Å². The van der Waals surface area contributed by atoms with E-state index in [1.807, 2.05) is 5.32 Å². The van der Waals surface area contributed by atoms with Gasteiger partial charge < -0.3 is 10.2 Å². The number of hydrogen-bond donors (Lipinski definition) is 1. The molecule has 3 aromatic carbocycles. The summed E-state index contributed by atoms with van der Waals surface area (Å²) in [5.41, 5.74) is -3.13. The molecule has 0 fully saturated rings. The lowest BCUT2D eigenvalue weighted by Gasteiger charge is -2.33. The molecule has 1 N–H and O–H groups in total. The van der Waals surface area contributed by atoms with Crippen LogP contribution in [0.25, 0.3) is 0 Å². The maximum absolute atomic E-state index is 15.0. The fraction of sp³-hybridized carbons (Fsp3) is 0.207. The molecular formula is C29H25F3N2O3. The Morgan fingerprint density at radius 1 is 0.838 bits per heavy atom. The first-order valence-electron chi connectivity index (χ1n) is 11.7. The third-order valence-corrected chi connectivity index (χ3v) is 6.39. The van der Waals surface area contributed by atoms with Gasteiger partial charge >= 0.3 is 6.18 Å². The molecule has 0 unspecified atom stereocenters. The SMILES string of the molecule is CC1=C(C(=O)c2ccccc2)[C@@](NC(=O)CCc2ccccc2)(C(F)(F)F)C(=O)N1Cc1ccccc1. The average Bonchev–Trinajstić information content (AvgIpc) is 3.10. The smallest absolute Gasteiger partial charge is 0.330 e. The molecule has 3 aromatic rings. The molecule has 190 valence electrons. The fourth-order valence-electron chi connectivity index (χ4n) is 4.52. The number of hydrogen-bond acceptors (Lipinski definition) is 3. The molecule has 0 aromatic heterocycles. The van der Waals surface area contributed by atoms with Crippen molar-refractivity contribution in [2.75, 3.05) is 0 Å². The van der Waals surface area contributed by atoms with E-state index in [0.717, 1.165) is 10.5 Å². The van der Waals surface area contributed by atoms with Gasteiger partial charge in [-0.25, -0.2) is 0 Å². The monoisotopic (exact) mass is 506 g/mol. The quantitative estimate of drug-likeness (QED) is 0.425. The first kappa shape index (κ1) is 25.9. The normalized spacial score (nSPS) is 17.7. The number of nitrogens with zero attached hydrogens (tertiary/aromatic N) is 1. The van der Waals surface area contributed by atoms with Crippen LogP contribution in [0.15, 0.2) is 102 Å². The van der Waals surface area contributed by atoms with Crippen molar-refractivity contribution in [3.8, 4) is 0 Å². The van der Waals surface area contributed by atoms with E-state index in [1.165, 1.54) is 31.2 Å². The minimum Gasteiger partial charge on any atom is -0.330 e. The van der Waals surface area contributed by atoms with Crippen LogP contribution in [0.5, 0.6) is 0 Å². The minimum absolute atomic E-state index is 0.0154. The van der Waals surface area contributed by atoms with Crippen molar-refractivity contribution >= 4 is 17.6 Å². The third-order valence-electron chi connectivity index (χ3n) is 6.39. The van der Waals surface area contributed by atoms with Crippen molar-refractivity contribution < 1.29 is 27.6 Å². The molecule has 0 saturated heterocycles. The number of halogens is 3. The van der Waals surface area contributed by atoms with Gasteiger partial charge in [0.05, 0.1) is 12.1 Å². The highest BCUT2D eigenvalue weighted by atomic mass is 19.4. The Labute approximate surface area is 212 Å². The van der Waals surface area contributed by atoms with Gasteiger partial charge in [-0.15, -0.1) is 0 Å². The molecule has 0 aliphatic carbocycles. The second-order valence-electron chi connectivity index (χ2n) is 8.81. The number of benzene rings is 3. The number of nitrogens with one attached hydrogen (secondary N) is 1. The summed E-state index contributed by atoms with van der Waals surface area (Å²) in [7, 11) is 0. The molecule has 8 heteroatoms. The lowest BCUT2D eigenvalue weighted by molar-refractivity contribution is -0.193. The summed E-state index contributed by atoms with van der Waals surface area (Å²) in [5, 5.41) is 1.97. The van der Waals surface area contributed by atoms with Gasteiger partial charge in [0, 0.05) is 17.7 Å². The van der Waals surface area contributed by atoms with E-state index >= 15 is 0 Å². The van der Waals surface area contributed by atoms with Crippen LogP contribution in [0.3, 0.4) is 0 Å². The number of carbonyl (C=O) groups excluding carboxylic acids is 3. The number of carbonyl (C=O) groups is 3. The molecule has 4 rings (SSSR count). The van der Waals surface area contributed by atoms with Crippen LogP contribution in [0.2, 0.25) is 0 Å². The molecule has 0 saturated carbocycles. The van der Waals surface area contributed by atoms with E-state index < -0.39 is 34.9 Å². The van der Waals surface area contributed by atoms with Crippen LogP contribution >= 0.6 is 0 Å². The van der Waals surface area contributed by atoms with E-state index in [0.29, 0.717) is 5.56 Å². The Morgan fingerprint density at radius 2 is 1.35 bits per heavy atom. The molecule has 1 atom stereocenters. The molecular weight excluding hydrogens is 481 g/mol. The van der Waals surface area contributed by atoms with Crippen molar-refractivity contribution in [2.24, 2.45) is 0 Å². The van der Waals surface area contributed by atoms with Crippen LogP contribution in [-0.2, 0) is 22.6 Å². The Balaban J connectivity index is 1.77. The lowest BCUT2D eigenvalue weighted by atomic mass is 9.84. The van der Waals surface area contributed by atoms with Gasteiger partial charge in [-0.2, -0.15) is 13.2 Å². The zero-order valence-corrected chi connectivity index (χ0v) is 20.1. The number of amides is 2. The molecule has 37 heavy (non-hydrogen) atoms. The van der Waals surface area contributed by atoms with Crippen LogP contribution < -0.4 is 5.32 Å². The Bertz CT molecular complexity index is 1320. The van der Waals surface area contributed by atoms with E-state index in [9.17, 15) is 27.6 Å². The number of aryl methyl sites for hydroxylation is 1. The standard InChI is InChI=1S/C29H25F3N2O3/c1-20-25(26(36)23-15-9-4-10-16-23)28(29(30,31)32,27(37)34(20)19-22-13-7-3-8-14-22)33-24(35)18-17-21-11-5-2-6-12-21/h2-16H,17-19H2,1H3,(H,33,35)/t28-/m0/s1. The van der Waals surface area contributed by atoms with Crippen molar-refractivity contribution in [3.05, 3.63) is 119 Å². The van der Waals surface area contributed by atoms with Crippen molar-refractivity contribution in [1.29, 1.82) is 0 Å². The predicted molar refractivity (Wildman–Crippen MR) is 132 cm³/mol. The molecule has 0 radical (unpaired) electrons. The predicted octanol–water partition coefficient (Wildman–Crippen LogP) is 5.24. The number of allylic oxidation sites excluding steroid dienone is 1. The highest BCUT2D eigenvalue weighted by Crippen LogP contribution is 2.46. The molecule has 1 heterocycles. The number of rotatable bonds is 8. The molecule has 1 aliphatic rings. The lowest BCUT2D eigenvalue weighted by Crippen LogP contribution is -2.66. The summed E-state index contributed by atoms with van der Waals surface area (Å²) < 4.78 is 44.9. The van der Waals surface area contributed by atoms with Crippen LogP contribution in [-0.4, -0.2) is 34.2 Å². The zero-order chi connectivity index (χ0) is 26.6. The van der Waals surface area contributed by atoms with Gasteiger partial charge in [-0.3, -0.25) is 14.4 Å². The van der Waals surface area contributed by atoms with E-state index in [1.54, 1.807) is 66.7 Å². The minimum atomic E-state index is -5.28. The summed E-state index contributed by atoms with van der Waals surface area (Å²) in [6, 6.07) is 24.7. The largest absolute Gasteiger partial charge is 0.425 e. The van der Waals surface area contributed by atoms with E-state index in [-0.39, 0.29) is 30.6 Å². The van der Waals surface area contributed by atoms with Gasteiger partial charge in [0.2, 0.25) is 11.4 Å². The Morgan fingerprint density at radius 3 is 1.89 bits per heavy atom. The van der Waals surface area contributed by atoms with Crippen molar-refractivity contribution in [1.82, 2.24) is 10.2 Å². The van der Waals surface area contributed by atoms with Crippen LogP contribution in [0, 0.1) is 0 Å². The van der Waals surface area contributed by atoms with Crippen molar-refractivity contribution in [2.45, 2.75) is 38.0 Å².